The Morgan fingerprint density at radius 2 is 1.47 bits per heavy atom. The molecule has 0 saturated heterocycles. The van der Waals surface area contributed by atoms with Gasteiger partial charge in [-0.3, -0.25) is 0 Å². The first kappa shape index (κ1) is 23.2. The van der Waals surface area contributed by atoms with E-state index in [1.165, 1.54) is 10.9 Å². The van der Waals surface area contributed by atoms with Crippen LogP contribution in [0.4, 0.5) is 4.79 Å². The molecule has 0 saturated carbocycles. The van der Waals surface area contributed by atoms with E-state index < -0.39 is 0 Å². The molecule has 0 fully saturated rings. The molecule has 5 aromatic rings. The summed E-state index contributed by atoms with van der Waals surface area (Å²) in [5.41, 5.74) is 4.39. The Bertz CT molecular complexity index is 1410. The first-order valence-electron chi connectivity index (χ1n) is 12.2. The largest absolute Gasteiger partial charge is 0.457 e. The fourth-order valence-electron chi connectivity index (χ4n) is 4.28. The molecule has 2 N–H and O–H groups in total. The predicted molar refractivity (Wildman–Crippen MR) is 144 cm³/mol. The van der Waals surface area contributed by atoms with Crippen molar-refractivity contribution < 1.29 is 9.53 Å². The SMILES string of the molecule is O=C(NCc1ccccc1)N(CCc1c[nH]c2ccccc12)Cc1cccc(Oc2ccccc2)c1. The smallest absolute Gasteiger partial charge is 0.317 e. The van der Waals surface area contributed by atoms with Crippen LogP contribution in [0.25, 0.3) is 10.9 Å². The highest BCUT2D eigenvalue weighted by Crippen LogP contribution is 2.23. The van der Waals surface area contributed by atoms with Crippen molar-refractivity contribution in [1.82, 2.24) is 15.2 Å². The topological polar surface area (TPSA) is 57.4 Å². The third-order valence-corrected chi connectivity index (χ3v) is 6.15. The number of H-pyrrole nitrogens is 1. The van der Waals surface area contributed by atoms with Crippen LogP contribution in [0.2, 0.25) is 0 Å². The molecule has 5 rings (SSSR count). The number of nitrogens with one attached hydrogen (secondary N) is 2. The molecule has 0 bridgehead atoms. The molecule has 0 radical (unpaired) electrons. The first-order chi connectivity index (χ1) is 17.7. The number of benzene rings is 4. The maximum Gasteiger partial charge on any atom is 0.317 e. The lowest BCUT2D eigenvalue weighted by Gasteiger charge is -2.24. The Morgan fingerprint density at radius 1 is 0.778 bits per heavy atom. The summed E-state index contributed by atoms with van der Waals surface area (Å²) in [5, 5.41) is 4.28. The standard InChI is InChI=1S/C31H29N3O2/c35-31(33-21-24-10-3-1-4-11-24)34(19-18-26-22-32-30-17-8-7-16-29(26)30)23-25-12-9-15-28(20-25)36-27-13-5-2-6-14-27/h1-17,20,22,32H,18-19,21,23H2,(H,33,35). The third kappa shape index (κ3) is 5.94. The van der Waals surface area contributed by atoms with Crippen molar-refractivity contribution in [2.24, 2.45) is 0 Å². The van der Waals surface area contributed by atoms with Crippen molar-refractivity contribution in [3.05, 3.63) is 132 Å². The number of fused-ring (bicyclic) bond motifs is 1. The highest BCUT2D eigenvalue weighted by Gasteiger charge is 2.16. The highest BCUT2D eigenvalue weighted by atomic mass is 16.5. The monoisotopic (exact) mass is 475 g/mol. The van der Waals surface area contributed by atoms with Crippen LogP contribution in [0, 0.1) is 0 Å². The number of ether oxygens (including phenoxy) is 1. The lowest BCUT2D eigenvalue weighted by atomic mass is 10.1. The van der Waals surface area contributed by atoms with Gasteiger partial charge in [0, 0.05) is 36.7 Å². The number of urea groups is 1. The van der Waals surface area contributed by atoms with Crippen LogP contribution in [0.15, 0.2) is 115 Å². The van der Waals surface area contributed by atoms with Gasteiger partial charge in [0.05, 0.1) is 0 Å². The zero-order valence-corrected chi connectivity index (χ0v) is 20.1. The fraction of sp³-hybridized carbons (Fsp3) is 0.129. The Balaban J connectivity index is 1.31. The van der Waals surface area contributed by atoms with Crippen molar-refractivity contribution in [2.45, 2.75) is 19.5 Å². The van der Waals surface area contributed by atoms with Crippen molar-refractivity contribution in [3.63, 3.8) is 0 Å². The van der Waals surface area contributed by atoms with Gasteiger partial charge in [0.25, 0.3) is 0 Å². The summed E-state index contributed by atoms with van der Waals surface area (Å²) >= 11 is 0. The van der Waals surface area contributed by atoms with Gasteiger partial charge >= 0.3 is 6.03 Å². The number of para-hydroxylation sites is 2. The van der Waals surface area contributed by atoms with Gasteiger partial charge in [-0.25, -0.2) is 4.79 Å². The molecular formula is C31H29N3O2. The van der Waals surface area contributed by atoms with Crippen LogP contribution in [0.1, 0.15) is 16.7 Å². The maximum atomic E-state index is 13.3. The Labute approximate surface area is 211 Å². The first-order valence-corrected chi connectivity index (χ1v) is 12.2. The van der Waals surface area contributed by atoms with E-state index in [1.54, 1.807) is 0 Å². The molecule has 1 heterocycles. The molecule has 0 spiro atoms. The minimum atomic E-state index is -0.0897. The molecule has 5 nitrogen and oxygen atoms in total. The number of nitrogens with zero attached hydrogens (tertiary/aromatic N) is 1. The van der Waals surface area contributed by atoms with Gasteiger partial charge in [-0.15, -0.1) is 0 Å². The molecule has 2 amide bonds. The van der Waals surface area contributed by atoms with Gasteiger partial charge in [0.15, 0.2) is 0 Å². The van der Waals surface area contributed by atoms with Gasteiger partial charge in [0.2, 0.25) is 0 Å². The van der Waals surface area contributed by atoms with Gasteiger partial charge in [-0.2, -0.15) is 0 Å². The normalized spacial score (nSPS) is 10.8. The maximum absolute atomic E-state index is 13.3. The summed E-state index contributed by atoms with van der Waals surface area (Å²) in [7, 11) is 0. The van der Waals surface area contributed by atoms with Crippen LogP contribution in [0.5, 0.6) is 11.5 Å². The number of carbonyl (C=O) groups is 1. The van der Waals surface area contributed by atoms with Crippen LogP contribution >= 0.6 is 0 Å². The Morgan fingerprint density at radius 3 is 2.31 bits per heavy atom. The molecular weight excluding hydrogens is 446 g/mol. The summed E-state index contributed by atoms with van der Waals surface area (Å²) < 4.78 is 6.01. The van der Waals surface area contributed by atoms with E-state index in [2.05, 4.69) is 22.4 Å². The van der Waals surface area contributed by atoms with Crippen LogP contribution in [-0.4, -0.2) is 22.5 Å². The summed E-state index contributed by atoms with van der Waals surface area (Å²) in [6, 6.07) is 35.8. The van der Waals surface area contributed by atoms with Gasteiger partial charge in [0.1, 0.15) is 11.5 Å². The van der Waals surface area contributed by atoms with Gasteiger partial charge < -0.3 is 19.9 Å². The van der Waals surface area contributed by atoms with E-state index in [4.69, 9.17) is 4.74 Å². The van der Waals surface area contributed by atoms with Crippen molar-refractivity contribution in [2.75, 3.05) is 6.54 Å². The molecule has 1 aromatic heterocycles. The van der Waals surface area contributed by atoms with E-state index in [0.29, 0.717) is 19.6 Å². The quantitative estimate of drug-likeness (QED) is 0.243. The third-order valence-electron chi connectivity index (χ3n) is 6.15. The Hall–Kier alpha value is -4.51. The molecule has 4 aromatic carbocycles. The number of aromatic amines is 1. The molecule has 0 atom stereocenters. The summed E-state index contributed by atoms with van der Waals surface area (Å²) in [5.74, 6) is 1.53. The molecule has 36 heavy (non-hydrogen) atoms. The summed E-state index contributed by atoms with van der Waals surface area (Å²) in [6.07, 6.45) is 2.79. The number of carbonyl (C=O) groups excluding carboxylic acids is 1. The zero-order valence-electron chi connectivity index (χ0n) is 20.1. The minimum absolute atomic E-state index is 0.0897. The van der Waals surface area contributed by atoms with E-state index in [9.17, 15) is 4.79 Å². The summed E-state index contributed by atoms with van der Waals surface area (Å²) in [6.45, 7) is 1.56. The van der Waals surface area contributed by atoms with Gasteiger partial charge in [-0.05, 0) is 53.4 Å². The second-order valence-corrected chi connectivity index (χ2v) is 8.74. The van der Waals surface area contributed by atoms with Crippen LogP contribution < -0.4 is 10.1 Å². The molecule has 5 heteroatoms. The second kappa shape index (κ2) is 11.3. The Kier molecular flexibility index (Phi) is 7.28. The van der Waals surface area contributed by atoms with Gasteiger partial charge in [-0.1, -0.05) is 78.9 Å². The second-order valence-electron chi connectivity index (χ2n) is 8.74. The number of hydrogen-bond acceptors (Lipinski definition) is 2. The van der Waals surface area contributed by atoms with Crippen LogP contribution in [-0.2, 0) is 19.5 Å². The van der Waals surface area contributed by atoms with Crippen LogP contribution in [0.3, 0.4) is 0 Å². The average molecular weight is 476 g/mol. The highest BCUT2D eigenvalue weighted by molar-refractivity contribution is 5.83. The number of hydrogen-bond donors (Lipinski definition) is 2. The number of aromatic nitrogens is 1. The summed E-state index contributed by atoms with van der Waals surface area (Å²) in [4.78, 5) is 18.5. The fourth-order valence-corrected chi connectivity index (χ4v) is 4.28. The van der Waals surface area contributed by atoms with Crippen molar-refractivity contribution >= 4 is 16.9 Å². The number of rotatable bonds is 9. The minimum Gasteiger partial charge on any atom is -0.457 e. The van der Waals surface area contributed by atoms with E-state index in [1.807, 2.05) is 108 Å². The van der Waals surface area contributed by atoms with E-state index >= 15 is 0 Å². The predicted octanol–water partition coefficient (Wildman–Crippen LogP) is 6.91. The molecule has 0 unspecified atom stereocenters. The lowest BCUT2D eigenvalue weighted by molar-refractivity contribution is 0.195. The molecule has 180 valence electrons. The molecule has 0 aliphatic heterocycles. The molecule has 0 aliphatic carbocycles. The molecule has 0 aliphatic rings. The lowest BCUT2D eigenvalue weighted by Crippen LogP contribution is -2.40. The van der Waals surface area contributed by atoms with Crippen molar-refractivity contribution in [1.29, 1.82) is 0 Å². The van der Waals surface area contributed by atoms with E-state index in [0.717, 1.165) is 34.6 Å². The van der Waals surface area contributed by atoms with Crippen molar-refractivity contribution in [3.8, 4) is 11.5 Å². The van der Waals surface area contributed by atoms with E-state index in [-0.39, 0.29) is 6.03 Å². The average Bonchev–Trinajstić information content (AvgIpc) is 3.34. The number of amides is 2. The zero-order chi connectivity index (χ0) is 24.6.